The van der Waals surface area contributed by atoms with E-state index in [9.17, 15) is 4.79 Å². The van der Waals surface area contributed by atoms with Gasteiger partial charge < -0.3 is 15.2 Å². The number of nitrogens with one attached hydrogen (secondary N) is 1. The van der Waals surface area contributed by atoms with Crippen molar-refractivity contribution in [3.05, 3.63) is 66.4 Å². The van der Waals surface area contributed by atoms with E-state index < -0.39 is 5.97 Å². The molecule has 1 saturated carbocycles. The van der Waals surface area contributed by atoms with Crippen molar-refractivity contribution in [2.24, 2.45) is 5.92 Å². The molecule has 2 atom stereocenters. The fourth-order valence-corrected chi connectivity index (χ4v) is 3.50. The zero-order chi connectivity index (χ0) is 19.5. The molecule has 1 aliphatic carbocycles. The molecule has 1 aromatic rings. The maximum Gasteiger partial charge on any atom is 0.303 e. The third-order valence-electron chi connectivity index (χ3n) is 4.90. The van der Waals surface area contributed by atoms with Crippen molar-refractivity contribution >= 4 is 5.97 Å². The van der Waals surface area contributed by atoms with E-state index in [0.29, 0.717) is 24.9 Å². The molecular weight excluding hydrogens is 338 g/mol. The molecule has 27 heavy (non-hydrogen) atoms. The van der Waals surface area contributed by atoms with Crippen molar-refractivity contribution in [3.63, 3.8) is 0 Å². The molecule has 0 saturated heterocycles. The lowest BCUT2D eigenvalue weighted by Crippen LogP contribution is -2.15. The summed E-state index contributed by atoms with van der Waals surface area (Å²) in [5.41, 5.74) is 2.19. The van der Waals surface area contributed by atoms with Gasteiger partial charge in [-0.05, 0) is 68.2 Å². The fourth-order valence-electron chi connectivity index (χ4n) is 3.50. The van der Waals surface area contributed by atoms with Crippen molar-refractivity contribution in [2.45, 2.75) is 44.9 Å². The Bertz CT molecular complexity index is 661. The van der Waals surface area contributed by atoms with Crippen LogP contribution in [-0.4, -0.2) is 24.2 Å². The first kappa shape index (κ1) is 20.8. The van der Waals surface area contributed by atoms with Gasteiger partial charge in [-0.2, -0.15) is 0 Å². The number of carbonyl (C=O) groups is 1. The third kappa shape index (κ3) is 7.73. The van der Waals surface area contributed by atoms with E-state index in [4.69, 9.17) is 9.84 Å². The topological polar surface area (TPSA) is 58.6 Å². The molecule has 0 bridgehead atoms. The summed E-state index contributed by atoms with van der Waals surface area (Å²) >= 11 is 0. The standard InChI is InChI=1S/C23H31NO3/c1-3-4-5-7-18(2)24-14-6-15-27-22-12-10-20(11-13-22)21-9-8-19(16-21)17-23(25)26/h3-5,7,10-13,19,21,24H,2,6,8-9,14-17H2,1H3,(H,25,26)/b4-3-,7-5-. The molecule has 2 rings (SSSR count). The Hall–Kier alpha value is -2.49. The maximum atomic E-state index is 10.9. The monoisotopic (exact) mass is 369 g/mol. The minimum atomic E-state index is -0.684. The summed E-state index contributed by atoms with van der Waals surface area (Å²) in [5.74, 6) is 0.995. The summed E-state index contributed by atoms with van der Waals surface area (Å²) in [7, 11) is 0. The molecule has 0 amide bonds. The van der Waals surface area contributed by atoms with Crippen LogP contribution in [-0.2, 0) is 4.79 Å². The fraction of sp³-hybridized carbons (Fsp3) is 0.435. The van der Waals surface area contributed by atoms with Crippen molar-refractivity contribution in [2.75, 3.05) is 13.2 Å². The molecule has 2 N–H and O–H groups in total. The van der Waals surface area contributed by atoms with Gasteiger partial charge in [-0.1, -0.05) is 36.9 Å². The number of allylic oxidation sites excluding steroid dienone is 4. The third-order valence-corrected chi connectivity index (χ3v) is 4.90. The van der Waals surface area contributed by atoms with E-state index in [1.807, 2.05) is 43.4 Å². The van der Waals surface area contributed by atoms with Crippen LogP contribution in [0.3, 0.4) is 0 Å². The summed E-state index contributed by atoms with van der Waals surface area (Å²) in [6.07, 6.45) is 12.1. The van der Waals surface area contributed by atoms with Crippen molar-refractivity contribution in [1.82, 2.24) is 5.32 Å². The Morgan fingerprint density at radius 1 is 1.30 bits per heavy atom. The van der Waals surface area contributed by atoms with E-state index in [0.717, 1.165) is 43.7 Å². The Balaban J connectivity index is 1.66. The van der Waals surface area contributed by atoms with Gasteiger partial charge >= 0.3 is 5.97 Å². The Morgan fingerprint density at radius 3 is 2.78 bits per heavy atom. The minimum absolute atomic E-state index is 0.295. The number of hydrogen-bond acceptors (Lipinski definition) is 3. The summed E-state index contributed by atoms with van der Waals surface area (Å²) in [6.45, 7) is 7.40. The van der Waals surface area contributed by atoms with Crippen LogP contribution >= 0.6 is 0 Å². The zero-order valence-corrected chi connectivity index (χ0v) is 16.2. The summed E-state index contributed by atoms with van der Waals surface area (Å²) in [5, 5.41) is 12.2. The second-order valence-electron chi connectivity index (χ2n) is 7.08. The average molecular weight is 370 g/mol. The normalized spacial score (nSPS) is 19.6. The molecule has 1 aliphatic rings. The smallest absolute Gasteiger partial charge is 0.303 e. The molecule has 0 spiro atoms. The number of aliphatic carboxylic acids is 1. The number of hydrogen-bond donors (Lipinski definition) is 2. The number of carboxylic acid groups (broad SMARTS) is 1. The second kappa shape index (κ2) is 11.3. The summed E-state index contributed by atoms with van der Waals surface area (Å²) < 4.78 is 5.80. The van der Waals surface area contributed by atoms with Gasteiger partial charge in [0.25, 0.3) is 0 Å². The Labute approximate surface area is 162 Å². The van der Waals surface area contributed by atoms with Gasteiger partial charge in [-0.25, -0.2) is 0 Å². The lowest BCUT2D eigenvalue weighted by atomic mass is 9.95. The van der Waals surface area contributed by atoms with Crippen LogP contribution in [0.1, 0.15) is 50.5 Å². The highest BCUT2D eigenvalue weighted by atomic mass is 16.5. The molecule has 146 valence electrons. The van der Waals surface area contributed by atoms with Gasteiger partial charge in [0.2, 0.25) is 0 Å². The first-order valence-corrected chi connectivity index (χ1v) is 9.75. The molecule has 0 aromatic heterocycles. The van der Waals surface area contributed by atoms with E-state index in [-0.39, 0.29) is 0 Å². The SMILES string of the molecule is C=C(/C=C\C=C/C)NCCCOc1ccc(C2CCC(CC(=O)O)C2)cc1. The molecule has 0 heterocycles. The van der Waals surface area contributed by atoms with Crippen LogP contribution in [0.5, 0.6) is 5.75 Å². The number of benzene rings is 1. The molecule has 1 aromatic carbocycles. The first-order valence-electron chi connectivity index (χ1n) is 9.75. The van der Waals surface area contributed by atoms with Crippen LogP contribution in [0.15, 0.2) is 60.8 Å². The van der Waals surface area contributed by atoms with Gasteiger partial charge in [0.05, 0.1) is 6.61 Å². The van der Waals surface area contributed by atoms with Crippen LogP contribution in [0.4, 0.5) is 0 Å². The number of rotatable bonds is 11. The molecule has 1 fully saturated rings. The van der Waals surface area contributed by atoms with Crippen molar-refractivity contribution < 1.29 is 14.6 Å². The van der Waals surface area contributed by atoms with E-state index in [2.05, 4.69) is 24.0 Å². The molecule has 4 nitrogen and oxygen atoms in total. The van der Waals surface area contributed by atoms with Crippen molar-refractivity contribution in [1.29, 1.82) is 0 Å². The molecule has 4 heteroatoms. The second-order valence-corrected chi connectivity index (χ2v) is 7.08. The van der Waals surface area contributed by atoms with E-state index >= 15 is 0 Å². The summed E-state index contributed by atoms with van der Waals surface area (Å²) in [4.78, 5) is 10.9. The van der Waals surface area contributed by atoms with Gasteiger partial charge in [0, 0.05) is 18.7 Å². The van der Waals surface area contributed by atoms with Gasteiger partial charge in [-0.15, -0.1) is 0 Å². The van der Waals surface area contributed by atoms with Crippen LogP contribution in [0, 0.1) is 5.92 Å². The van der Waals surface area contributed by atoms with E-state index in [1.54, 1.807) is 0 Å². The lowest BCUT2D eigenvalue weighted by Gasteiger charge is -2.12. The predicted octanol–water partition coefficient (Wildman–Crippen LogP) is 5.05. The molecule has 0 radical (unpaired) electrons. The molecular formula is C23H31NO3. The highest BCUT2D eigenvalue weighted by molar-refractivity contribution is 5.67. The summed E-state index contributed by atoms with van der Waals surface area (Å²) in [6, 6.07) is 8.28. The van der Waals surface area contributed by atoms with Crippen LogP contribution in [0.25, 0.3) is 0 Å². The van der Waals surface area contributed by atoms with Gasteiger partial charge in [0.15, 0.2) is 0 Å². The molecule has 2 unspecified atom stereocenters. The Kier molecular flexibility index (Phi) is 8.69. The first-order chi connectivity index (χ1) is 13.1. The van der Waals surface area contributed by atoms with Crippen LogP contribution in [0.2, 0.25) is 0 Å². The zero-order valence-electron chi connectivity index (χ0n) is 16.2. The highest BCUT2D eigenvalue weighted by Crippen LogP contribution is 2.40. The number of carboxylic acids is 1. The lowest BCUT2D eigenvalue weighted by molar-refractivity contribution is -0.138. The highest BCUT2D eigenvalue weighted by Gasteiger charge is 2.27. The minimum Gasteiger partial charge on any atom is -0.494 e. The van der Waals surface area contributed by atoms with Crippen molar-refractivity contribution in [3.8, 4) is 5.75 Å². The predicted molar refractivity (Wildman–Crippen MR) is 110 cm³/mol. The van der Waals surface area contributed by atoms with E-state index in [1.165, 1.54) is 5.56 Å². The quantitative estimate of drug-likeness (QED) is 0.423. The Morgan fingerprint density at radius 2 is 2.07 bits per heavy atom. The van der Waals surface area contributed by atoms with Gasteiger partial charge in [-0.3, -0.25) is 4.79 Å². The van der Waals surface area contributed by atoms with Crippen LogP contribution < -0.4 is 10.1 Å². The average Bonchev–Trinajstić information content (AvgIpc) is 3.10. The van der Waals surface area contributed by atoms with Gasteiger partial charge in [0.1, 0.15) is 5.75 Å². The number of ether oxygens (including phenoxy) is 1. The largest absolute Gasteiger partial charge is 0.494 e. The molecule has 0 aliphatic heterocycles. The maximum absolute atomic E-state index is 10.9.